The van der Waals surface area contributed by atoms with E-state index in [1.54, 1.807) is 6.20 Å². The number of pyridine rings is 1. The lowest BCUT2D eigenvalue weighted by atomic mass is 10.2. The fourth-order valence-corrected chi connectivity index (χ4v) is 3.15. The smallest absolute Gasteiger partial charge is 0.259 e. The summed E-state index contributed by atoms with van der Waals surface area (Å²) in [5, 5.41) is 4.05. The van der Waals surface area contributed by atoms with Gasteiger partial charge < -0.3 is 18.9 Å². The van der Waals surface area contributed by atoms with Crippen molar-refractivity contribution in [1.82, 2.24) is 15.1 Å². The number of hydrogen-bond acceptors (Lipinski definition) is 7. The number of hydrogen-bond donors (Lipinski definition) is 0. The van der Waals surface area contributed by atoms with Crippen molar-refractivity contribution in [3.8, 4) is 23.0 Å². The Morgan fingerprint density at radius 2 is 1.96 bits per heavy atom. The molecule has 0 radical (unpaired) electrons. The number of ether oxygens (including phenoxy) is 2. The molecule has 1 aliphatic carbocycles. The lowest BCUT2D eigenvalue weighted by molar-refractivity contribution is 0.0959. The molecule has 0 spiro atoms. The summed E-state index contributed by atoms with van der Waals surface area (Å²) in [6.07, 6.45) is 4.02. The summed E-state index contributed by atoms with van der Waals surface area (Å²) in [5.74, 6) is 4.24. The minimum atomic E-state index is -0.0524. The Balaban J connectivity index is 1.24. The second kappa shape index (κ2) is 6.57. The van der Waals surface area contributed by atoms with E-state index in [0.29, 0.717) is 25.0 Å². The number of anilines is 1. The minimum Gasteiger partial charge on any atom is -0.486 e. The highest BCUT2D eigenvalue weighted by atomic mass is 16.6. The van der Waals surface area contributed by atoms with E-state index in [4.69, 9.17) is 14.0 Å². The van der Waals surface area contributed by atoms with Gasteiger partial charge in [-0.15, -0.1) is 0 Å². The average Bonchev–Trinajstić information content (AvgIpc) is 3.45. The molecule has 3 aromatic rings. The monoisotopic (exact) mass is 364 g/mol. The SMILES string of the molecule is CN(C[C@H]1COc2ccccc2O1)c1ccc(-c2nc(C3CC3)no2)cn1. The number of rotatable bonds is 5. The van der Waals surface area contributed by atoms with Crippen molar-refractivity contribution in [2.24, 2.45) is 0 Å². The van der Waals surface area contributed by atoms with Crippen LogP contribution in [0.1, 0.15) is 24.6 Å². The van der Waals surface area contributed by atoms with Crippen molar-refractivity contribution < 1.29 is 14.0 Å². The first-order chi connectivity index (χ1) is 13.3. The van der Waals surface area contributed by atoms with Crippen LogP contribution in [0.25, 0.3) is 11.5 Å². The van der Waals surface area contributed by atoms with Gasteiger partial charge in [0.2, 0.25) is 0 Å². The molecule has 7 heteroatoms. The molecule has 2 aromatic heterocycles. The Kier molecular flexibility index (Phi) is 3.92. The molecular formula is C20H20N4O3. The largest absolute Gasteiger partial charge is 0.486 e. The Morgan fingerprint density at radius 3 is 2.74 bits per heavy atom. The van der Waals surface area contributed by atoms with E-state index in [1.807, 2.05) is 43.4 Å². The van der Waals surface area contributed by atoms with Gasteiger partial charge in [-0.3, -0.25) is 0 Å². The summed E-state index contributed by atoms with van der Waals surface area (Å²) in [7, 11) is 1.99. The molecule has 1 atom stereocenters. The van der Waals surface area contributed by atoms with Gasteiger partial charge in [0.15, 0.2) is 23.4 Å². The van der Waals surface area contributed by atoms with Crippen LogP contribution in [0.15, 0.2) is 47.1 Å². The van der Waals surface area contributed by atoms with Crippen LogP contribution in [0.3, 0.4) is 0 Å². The zero-order chi connectivity index (χ0) is 18.2. The van der Waals surface area contributed by atoms with Crippen LogP contribution in [0.4, 0.5) is 5.82 Å². The molecule has 0 N–H and O–H groups in total. The van der Waals surface area contributed by atoms with Crippen LogP contribution in [-0.4, -0.2) is 41.4 Å². The Bertz CT molecular complexity index is 936. The number of benzene rings is 1. The lowest BCUT2D eigenvalue weighted by Crippen LogP contribution is -2.39. The standard InChI is InChI=1S/C20H20N4O3/c1-24(11-15-12-25-16-4-2-3-5-17(16)26-15)18-9-8-14(10-21-18)20-22-19(23-27-20)13-6-7-13/h2-5,8-10,13,15H,6-7,11-12H2,1H3/t15-/m0/s1. The quantitative estimate of drug-likeness (QED) is 0.688. The zero-order valence-corrected chi connectivity index (χ0v) is 15.0. The fourth-order valence-electron chi connectivity index (χ4n) is 3.15. The Hall–Kier alpha value is -3.09. The predicted octanol–water partition coefficient (Wildman–Crippen LogP) is 3.29. The zero-order valence-electron chi connectivity index (χ0n) is 15.0. The van der Waals surface area contributed by atoms with Gasteiger partial charge >= 0.3 is 0 Å². The second-order valence-electron chi connectivity index (χ2n) is 7.02. The summed E-state index contributed by atoms with van der Waals surface area (Å²) in [6, 6.07) is 11.6. The maximum absolute atomic E-state index is 6.02. The molecule has 1 saturated carbocycles. The Labute approximate surface area is 156 Å². The third kappa shape index (κ3) is 3.32. The van der Waals surface area contributed by atoms with E-state index in [9.17, 15) is 0 Å². The molecular weight excluding hydrogens is 344 g/mol. The molecule has 0 amide bonds. The summed E-state index contributed by atoms with van der Waals surface area (Å²) in [6.45, 7) is 1.19. The normalized spacial score (nSPS) is 18.3. The molecule has 138 valence electrons. The van der Waals surface area contributed by atoms with Crippen molar-refractivity contribution in [3.05, 3.63) is 48.4 Å². The van der Waals surface area contributed by atoms with E-state index >= 15 is 0 Å². The van der Waals surface area contributed by atoms with Crippen LogP contribution >= 0.6 is 0 Å². The highest BCUT2D eigenvalue weighted by Gasteiger charge is 2.29. The number of para-hydroxylation sites is 2. The first-order valence-corrected chi connectivity index (χ1v) is 9.16. The molecule has 0 unspecified atom stereocenters. The molecule has 1 aliphatic heterocycles. The minimum absolute atomic E-state index is 0.0524. The maximum atomic E-state index is 6.02. The second-order valence-corrected chi connectivity index (χ2v) is 7.02. The topological polar surface area (TPSA) is 73.5 Å². The van der Waals surface area contributed by atoms with E-state index in [2.05, 4.69) is 20.0 Å². The van der Waals surface area contributed by atoms with Crippen molar-refractivity contribution in [2.45, 2.75) is 24.9 Å². The van der Waals surface area contributed by atoms with Gasteiger partial charge in [0.1, 0.15) is 12.4 Å². The van der Waals surface area contributed by atoms with E-state index in [-0.39, 0.29) is 6.10 Å². The molecule has 5 rings (SSSR count). The van der Waals surface area contributed by atoms with Gasteiger partial charge in [0.05, 0.1) is 12.1 Å². The molecule has 0 saturated heterocycles. The molecule has 1 aromatic carbocycles. The van der Waals surface area contributed by atoms with Crippen molar-refractivity contribution >= 4 is 5.82 Å². The lowest BCUT2D eigenvalue weighted by Gasteiger charge is -2.30. The van der Waals surface area contributed by atoms with Gasteiger partial charge in [-0.05, 0) is 37.1 Å². The summed E-state index contributed by atoms with van der Waals surface area (Å²) in [5.41, 5.74) is 0.831. The van der Waals surface area contributed by atoms with Crippen LogP contribution in [0, 0.1) is 0 Å². The number of fused-ring (bicyclic) bond motifs is 1. The molecule has 1 fully saturated rings. The van der Waals surface area contributed by atoms with Gasteiger partial charge in [-0.25, -0.2) is 4.98 Å². The number of nitrogens with zero attached hydrogens (tertiary/aromatic N) is 4. The fraction of sp³-hybridized carbons (Fsp3) is 0.350. The molecule has 27 heavy (non-hydrogen) atoms. The number of likely N-dealkylation sites (N-methyl/N-ethyl adjacent to an activating group) is 1. The molecule has 3 heterocycles. The highest BCUT2D eigenvalue weighted by molar-refractivity contribution is 5.54. The van der Waals surface area contributed by atoms with E-state index in [0.717, 1.165) is 41.5 Å². The average molecular weight is 364 g/mol. The first-order valence-electron chi connectivity index (χ1n) is 9.16. The van der Waals surface area contributed by atoms with Crippen LogP contribution < -0.4 is 14.4 Å². The van der Waals surface area contributed by atoms with Crippen LogP contribution in [-0.2, 0) is 0 Å². The molecule has 7 nitrogen and oxygen atoms in total. The highest BCUT2D eigenvalue weighted by Crippen LogP contribution is 2.38. The summed E-state index contributed by atoms with van der Waals surface area (Å²) >= 11 is 0. The Morgan fingerprint density at radius 1 is 1.11 bits per heavy atom. The maximum Gasteiger partial charge on any atom is 0.259 e. The third-order valence-corrected chi connectivity index (χ3v) is 4.82. The molecule has 0 bridgehead atoms. The summed E-state index contributed by atoms with van der Waals surface area (Å²) in [4.78, 5) is 11.1. The van der Waals surface area contributed by atoms with E-state index < -0.39 is 0 Å². The van der Waals surface area contributed by atoms with Gasteiger partial charge in [-0.2, -0.15) is 4.98 Å². The van der Waals surface area contributed by atoms with Crippen molar-refractivity contribution in [2.75, 3.05) is 25.1 Å². The van der Waals surface area contributed by atoms with Crippen LogP contribution in [0.5, 0.6) is 11.5 Å². The van der Waals surface area contributed by atoms with Crippen LogP contribution in [0.2, 0.25) is 0 Å². The third-order valence-electron chi connectivity index (χ3n) is 4.82. The van der Waals surface area contributed by atoms with Gasteiger partial charge in [-0.1, -0.05) is 17.3 Å². The first kappa shape index (κ1) is 16.1. The van der Waals surface area contributed by atoms with E-state index in [1.165, 1.54) is 0 Å². The summed E-state index contributed by atoms with van der Waals surface area (Å²) < 4.78 is 17.2. The van der Waals surface area contributed by atoms with Crippen molar-refractivity contribution in [3.63, 3.8) is 0 Å². The molecule has 2 aliphatic rings. The van der Waals surface area contributed by atoms with Gasteiger partial charge in [0, 0.05) is 19.2 Å². The van der Waals surface area contributed by atoms with Crippen molar-refractivity contribution in [1.29, 1.82) is 0 Å². The predicted molar refractivity (Wildman–Crippen MR) is 99.1 cm³/mol. The van der Waals surface area contributed by atoms with Gasteiger partial charge in [0.25, 0.3) is 5.89 Å². The number of aromatic nitrogens is 3.